The highest BCUT2D eigenvalue weighted by molar-refractivity contribution is 5.74. The minimum atomic E-state index is -0.184. The molecule has 0 fully saturated rings. The van der Waals surface area contributed by atoms with Crippen LogP contribution in [0.15, 0.2) is 12.2 Å². The predicted molar refractivity (Wildman–Crippen MR) is 60.2 cm³/mol. The van der Waals surface area contributed by atoms with Crippen molar-refractivity contribution < 1.29 is 9.53 Å². The molecular weight excluding hydrogens is 190 g/mol. The smallest absolute Gasteiger partial charge is 0.310 e. The highest BCUT2D eigenvalue weighted by Crippen LogP contribution is 2.30. The number of rotatable bonds is 3. The van der Waals surface area contributed by atoms with E-state index in [0.717, 1.165) is 12.8 Å². The molecule has 0 unspecified atom stereocenters. The largest absolute Gasteiger partial charge is 0.469 e. The summed E-state index contributed by atoms with van der Waals surface area (Å²) in [5.74, 6) is 0.132. The van der Waals surface area contributed by atoms with Crippen LogP contribution in [0.1, 0.15) is 26.7 Å². The number of allylic oxidation sites excluding steroid dienone is 1. The van der Waals surface area contributed by atoms with E-state index >= 15 is 0 Å². The number of hydrogen-bond acceptors (Lipinski definition) is 3. The zero-order valence-corrected chi connectivity index (χ0v) is 9.77. The van der Waals surface area contributed by atoms with Crippen molar-refractivity contribution in [3.63, 3.8) is 0 Å². The zero-order chi connectivity index (χ0) is 11.4. The van der Waals surface area contributed by atoms with E-state index in [1.165, 1.54) is 7.11 Å². The highest BCUT2D eigenvalue weighted by atomic mass is 16.5. The Hall–Kier alpha value is -0.830. The van der Waals surface area contributed by atoms with Crippen LogP contribution in [-0.4, -0.2) is 19.1 Å². The maximum absolute atomic E-state index is 11.6. The van der Waals surface area contributed by atoms with Crippen LogP contribution in [0, 0.1) is 17.8 Å². The first-order valence-electron chi connectivity index (χ1n) is 5.63. The van der Waals surface area contributed by atoms with Gasteiger partial charge in [0.25, 0.3) is 0 Å². The van der Waals surface area contributed by atoms with Gasteiger partial charge >= 0.3 is 5.97 Å². The monoisotopic (exact) mass is 211 g/mol. The third-order valence-corrected chi connectivity index (χ3v) is 3.23. The molecule has 0 radical (unpaired) electrons. The molecule has 1 rings (SSSR count). The third-order valence-electron chi connectivity index (χ3n) is 3.23. The lowest BCUT2D eigenvalue weighted by molar-refractivity contribution is -0.148. The van der Waals surface area contributed by atoms with Crippen LogP contribution in [-0.2, 0) is 9.53 Å². The van der Waals surface area contributed by atoms with Crippen LogP contribution in [0.2, 0.25) is 0 Å². The maximum atomic E-state index is 11.6. The first-order valence-corrected chi connectivity index (χ1v) is 5.63. The van der Waals surface area contributed by atoms with Gasteiger partial charge in [-0.05, 0) is 18.3 Å². The molecule has 3 nitrogen and oxygen atoms in total. The average Bonchev–Trinajstić information content (AvgIpc) is 2.22. The fraction of sp³-hybridized carbons (Fsp3) is 0.750. The number of carbonyl (C=O) groups is 1. The van der Waals surface area contributed by atoms with Gasteiger partial charge in [0.1, 0.15) is 0 Å². The van der Waals surface area contributed by atoms with Crippen LogP contribution in [0.25, 0.3) is 0 Å². The van der Waals surface area contributed by atoms with E-state index < -0.39 is 0 Å². The fourth-order valence-corrected chi connectivity index (χ4v) is 2.31. The van der Waals surface area contributed by atoms with Gasteiger partial charge in [-0.2, -0.15) is 0 Å². The van der Waals surface area contributed by atoms with E-state index in [-0.39, 0.29) is 23.8 Å². The van der Waals surface area contributed by atoms with Gasteiger partial charge < -0.3 is 10.5 Å². The van der Waals surface area contributed by atoms with E-state index in [1.54, 1.807) is 0 Å². The summed E-state index contributed by atoms with van der Waals surface area (Å²) in [7, 11) is 1.43. The summed E-state index contributed by atoms with van der Waals surface area (Å²) in [6.07, 6.45) is 6.37. The molecule has 0 aromatic heterocycles. The molecule has 0 aromatic carbocycles. The quantitative estimate of drug-likeness (QED) is 0.571. The molecule has 1 aliphatic rings. The third kappa shape index (κ3) is 2.59. The Morgan fingerprint density at radius 1 is 1.47 bits per heavy atom. The van der Waals surface area contributed by atoms with Gasteiger partial charge in [0, 0.05) is 6.04 Å². The lowest BCUT2D eigenvalue weighted by Gasteiger charge is -2.34. The van der Waals surface area contributed by atoms with Crippen molar-refractivity contribution in [1.82, 2.24) is 0 Å². The first-order chi connectivity index (χ1) is 7.11. The molecule has 0 saturated carbocycles. The second-order valence-electron chi connectivity index (χ2n) is 4.32. The van der Waals surface area contributed by atoms with E-state index in [4.69, 9.17) is 10.5 Å². The van der Waals surface area contributed by atoms with Gasteiger partial charge in [0.2, 0.25) is 0 Å². The lowest BCUT2D eigenvalue weighted by atomic mass is 9.74. The van der Waals surface area contributed by atoms with E-state index in [0.29, 0.717) is 5.92 Å². The van der Waals surface area contributed by atoms with E-state index in [2.05, 4.69) is 19.1 Å². The summed E-state index contributed by atoms with van der Waals surface area (Å²) in [6.45, 7) is 4.14. The average molecular weight is 211 g/mol. The topological polar surface area (TPSA) is 52.3 Å². The fourth-order valence-electron chi connectivity index (χ4n) is 2.31. The van der Waals surface area contributed by atoms with Crippen molar-refractivity contribution in [3.05, 3.63) is 12.2 Å². The number of ether oxygens (including phenoxy) is 1. The molecule has 0 heterocycles. The number of esters is 1. The Kier molecular flexibility index (Phi) is 4.33. The number of hydrogen-bond donors (Lipinski definition) is 1. The van der Waals surface area contributed by atoms with Crippen LogP contribution in [0.4, 0.5) is 0 Å². The Balaban J connectivity index is 2.79. The summed E-state index contributed by atoms with van der Waals surface area (Å²) < 4.78 is 4.80. The lowest BCUT2D eigenvalue weighted by Crippen LogP contribution is -2.46. The van der Waals surface area contributed by atoms with Crippen LogP contribution in [0.5, 0.6) is 0 Å². The Labute approximate surface area is 91.7 Å². The van der Waals surface area contributed by atoms with Gasteiger partial charge in [-0.3, -0.25) is 4.79 Å². The molecule has 86 valence electrons. The number of carbonyl (C=O) groups excluding carboxylic acids is 1. The van der Waals surface area contributed by atoms with Crippen molar-refractivity contribution in [2.45, 2.75) is 32.7 Å². The SMILES string of the molecule is CCC[C@@H]1C=C[C@H](C)[C@H](C(=O)OC)[C@H]1N. The minimum absolute atomic E-state index is 0.0996. The molecule has 2 N–H and O–H groups in total. The predicted octanol–water partition coefficient (Wildman–Crippen LogP) is 1.73. The molecule has 1 aliphatic carbocycles. The Morgan fingerprint density at radius 2 is 2.13 bits per heavy atom. The summed E-state index contributed by atoms with van der Waals surface area (Å²) >= 11 is 0. The first kappa shape index (κ1) is 12.2. The number of nitrogens with two attached hydrogens (primary N) is 1. The van der Waals surface area contributed by atoms with Crippen molar-refractivity contribution in [2.24, 2.45) is 23.5 Å². The van der Waals surface area contributed by atoms with E-state index in [1.807, 2.05) is 6.92 Å². The molecule has 0 bridgehead atoms. The molecular formula is C12H21NO2. The molecule has 0 saturated heterocycles. The van der Waals surface area contributed by atoms with Crippen LogP contribution >= 0.6 is 0 Å². The molecule has 0 amide bonds. The molecule has 15 heavy (non-hydrogen) atoms. The van der Waals surface area contributed by atoms with Crippen LogP contribution < -0.4 is 5.73 Å². The number of methoxy groups -OCH3 is 1. The highest BCUT2D eigenvalue weighted by Gasteiger charge is 2.36. The molecule has 3 heteroatoms. The van der Waals surface area contributed by atoms with Crippen molar-refractivity contribution in [2.75, 3.05) is 7.11 Å². The van der Waals surface area contributed by atoms with Gasteiger partial charge in [-0.15, -0.1) is 0 Å². The minimum Gasteiger partial charge on any atom is -0.469 e. The van der Waals surface area contributed by atoms with Crippen LogP contribution in [0.3, 0.4) is 0 Å². The Bertz CT molecular complexity index is 250. The molecule has 4 atom stereocenters. The summed E-state index contributed by atoms with van der Waals surface area (Å²) in [6, 6.07) is -0.0996. The van der Waals surface area contributed by atoms with Crippen molar-refractivity contribution >= 4 is 5.97 Å². The van der Waals surface area contributed by atoms with Gasteiger partial charge in [-0.25, -0.2) is 0 Å². The standard InChI is InChI=1S/C12H21NO2/c1-4-5-9-7-6-8(2)10(11(9)13)12(14)15-3/h6-11H,4-5,13H2,1-3H3/t8-,9+,10-,11-/m0/s1. The van der Waals surface area contributed by atoms with Gasteiger partial charge in [-0.1, -0.05) is 32.4 Å². The molecule has 0 aliphatic heterocycles. The molecule has 0 aromatic rings. The Morgan fingerprint density at radius 3 is 2.67 bits per heavy atom. The maximum Gasteiger partial charge on any atom is 0.310 e. The second-order valence-corrected chi connectivity index (χ2v) is 4.32. The summed E-state index contributed by atoms with van der Waals surface area (Å²) in [5.41, 5.74) is 6.12. The van der Waals surface area contributed by atoms with Gasteiger partial charge in [0.15, 0.2) is 0 Å². The molecule has 0 spiro atoms. The van der Waals surface area contributed by atoms with Crippen molar-refractivity contribution in [1.29, 1.82) is 0 Å². The van der Waals surface area contributed by atoms with E-state index in [9.17, 15) is 4.79 Å². The second kappa shape index (κ2) is 5.31. The normalized spacial score (nSPS) is 35.2. The summed E-state index contributed by atoms with van der Waals surface area (Å²) in [4.78, 5) is 11.6. The van der Waals surface area contributed by atoms with Crippen molar-refractivity contribution in [3.8, 4) is 0 Å². The zero-order valence-electron chi connectivity index (χ0n) is 9.77. The van der Waals surface area contributed by atoms with Gasteiger partial charge in [0.05, 0.1) is 13.0 Å². The summed E-state index contributed by atoms with van der Waals surface area (Å²) in [5, 5.41) is 0.